The van der Waals surface area contributed by atoms with Crippen molar-refractivity contribution in [3.05, 3.63) is 113 Å². The lowest BCUT2D eigenvalue weighted by atomic mass is 10.1. The van der Waals surface area contributed by atoms with Crippen LogP contribution in [0.1, 0.15) is 36.5 Å². The molecular weight excluding hydrogens is 428 g/mol. The van der Waals surface area contributed by atoms with Crippen molar-refractivity contribution >= 4 is 12.2 Å². The van der Waals surface area contributed by atoms with E-state index in [-0.39, 0.29) is 12.2 Å². The van der Waals surface area contributed by atoms with Gasteiger partial charge in [0.05, 0.1) is 0 Å². The van der Waals surface area contributed by atoms with Crippen LogP contribution in [-0.4, -0.2) is 13.0 Å². The van der Waals surface area contributed by atoms with Crippen molar-refractivity contribution in [1.82, 2.24) is 0 Å². The van der Waals surface area contributed by atoms with Crippen molar-refractivity contribution in [3.63, 3.8) is 0 Å². The maximum absolute atomic E-state index is 12.4. The summed E-state index contributed by atoms with van der Waals surface area (Å²) in [5, 5.41) is 0. The number of rotatable bonds is 12. The lowest BCUT2D eigenvalue weighted by Crippen LogP contribution is -2.01. The number of alkyl halides is 4. The van der Waals surface area contributed by atoms with E-state index in [1.165, 1.54) is 12.1 Å². The van der Waals surface area contributed by atoms with Gasteiger partial charge in [-0.3, -0.25) is 0 Å². The van der Waals surface area contributed by atoms with E-state index < -0.39 is 13.0 Å². The van der Waals surface area contributed by atoms with Gasteiger partial charge in [-0.25, -0.2) is 8.78 Å². The fourth-order valence-electron chi connectivity index (χ4n) is 2.97. The molecule has 2 aromatic rings. The zero-order valence-electron chi connectivity index (χ0n) is 18.6. The van der Waals surface area contributed by atoms with Crippen LogP contribution in [0.3, 0.4) is 0 Å². The molecular formula is C28H28F4O. The van der Waals surface area contributed by atoms with Gasteiger partial charge in [0.15, 0.2) is 0 Å². The van der Waals surface area contributed by atoms with E-state index in [0.29, 0.717) is 5.56 Å². The fourth-order valence-corrected chi connectivity index (χ4v) is 2.97. The molecule has 0 N–H and O–H groups in total. The molecule has 5 heteroatoms. The second-order valence-electron chi connectivity index (χ2n) is 7.38. The molecule has 0 unspecified atom stereocenters. The molecule has 33 heavy (non-hydrogen) atoms. The Bertz CT molecular complexity index is 982. The third kappa shape index (κ3) is 10.7. The van der Waals surface area contributed by atoms with E-state index in [1.807, 2.05) is 42.5 Å². The zero-order valence-corrected chi connectivity index (χ0v) is 18.6. The van der Waals surface area contributed by atoms with E-state index in [4.69, 9.17) is 0 Å². The largest absolute Gasteiger partial charge is 0.435 e. The van der Waals surface area contributed by atoms with Crippen LogP contribution in [0.5, 0.6) is 5.75 Å². The summed E-state index contributed by atoms with van der Waals surface area (Å²) in [6, 6.07) is 13.5. The summed E-state index contributed by atoms with van der Waals surface area (Å²) in [4.78, 5) is 0. The van der Waals surface area contributed by atoms with E-state index in [2.05, 4.69) is 18.2 Å². The van der Waals surface area contributed by atoms with Gasteiger partial charge < -0.3 is 4.74 Å². The highest BCUT2D eigenvalue weighted by atomic mass is 19.3. The SMILES string of the molecule is C=C(\C=C/C=C(/C=C/c1ccc(OC(F)F)cc1)CCC)/C=C/c1ccc(CC(F)F)cc1. The standard InChI is InChI=1S/C28H28F4O/c1-3-5-22(10-11-24-16-18-26(19-17-24)33-28(31)32)7-4-6-21(2)8-9-23-12-14-25(15-13-23)20-27(29)30/h4,6-19,27-28H,2-3,5,20H2,1H3/b6-4-,9-8+,11-10+,22-7+. The van der Waals surface area contributed by atoms with Crippen LogP contribution in [0.2, 0.25) is 0 Å². The highest BCUT2D eigenvalue weighted by Crippen LogP contribution is 2.17. The Hall–Kier alpha value is -3.34. The molecule has 0 aliphatic heterocycles. The number of benzene rings is 2. The minimum Gasteiger partial charge on any atom is -0.435 e. The molecule has 2 rings (SSSR count). The minimum atomic E-state index is -2.83. The molecule has 1 nitrogen and oxygen atoms in total. The first-order valence-electron chi connectivity index (χ1n) is 10.7. The van der Waals surface area contributed by atoms with Crippen LogP contribution in [-0.2, 0) is 6.42 Å². The van der Waals surface area contributed by atoms with Crippen LogP contribution < -0.4 is 4.74 Å². The summed E-state index contributed by atoms with van der Waals surface area (Å²) >= 11 is 0. The van der Waals surface area contributed by atoms with Crippen LogP contribution >= 0.6 is 0 Å². The predicted octanol–water partition coefficient (Wildman–Crippen LogP) is 8.66. The molecule has 0 bridgehead atoms. The number of hydrogen-bond donors (Lipinski definition) is 0. The van der Waals surface area contributed by atoms with Crippen molar-refractivity contribution in [2.75, 3.05) is 0 Å². The summed E-state index contributed by atoms with van der Waals surface area (Å²) in [6.07, 6.45) is 12.8. The Morgan fingerprint density at radius 2 is 1.48 bits per heavy atom. The average molecular weight is 457 g/mol. The predicted molar refractivity (Wildman–Crippen MR) is 129 cm³/mol. The highest BCUT2D eigenvalue weighted by Gasteiger charge is 2.04. The molecule has 0 radical (unpaired) electrons. The monoisotopic (exact) mass is 456 g/mol. The quantitative estimate of drug-likeness (QED) is 0.229. The van der Waals surface area contributed by atoms with Gasteiger partial charge in [-0.15, -0.1) is 0 Å². The van der Waals surface area contributed by atoms with Gasteiger partial charge in [-0.2, -0.15) is 8.78 Å². The third-order valence-electron chi connectivity index (χ3n) is 4.61. The Morgan fingerprint density at radius 1 is 0.879 bits per heavy atom. The second-order valence-corrected chi connectivity index (χ2v) is 7.38. The van der Waals surface area contributed by atoms with Gasteiger partial charge in [-0.05, 0) is 46.4 Å². The van der Waals surface area contributed by atoms with Gasteiger partial charge in [0.2, 0.25) is 6.43 Å². The maximum atomic E-state index is 12.4. The third-order valence-corrected chi connectivity index (χ3v) is 4.61. The first kappa shape index (κ1) is 25.9. The number of halogens is 4. The number of hydrogen-bond acceptors (Lipinski definition) is 1. The number of allylic oxidation sites excluding steroid dienone is 7. The van der Waals surface area contributed by atoms with Gasteiger partial charge >= 0.3 is 6.61 Å². The second kappa shape index (κ2) is 13.9. The lowest BCUT2D eigenvalue weighted by Gasteiger charge is -2.04. The maximum Gasteiger partial charge on any atom is 0.387 e. The van der Waals surface area contributed by atoms with Crippen LogP contribution in [0, 0.1) is 0 Å². The van der Waals surface area contributed by atoms with Gasteiger partial charge in [0.1, 0.15) is 5.75 Å². The molecule has 0 heterocycles. The van der Waals surface area contributed by atoms with E-state index in [1.54, 1.807) is 36.4 Å². The van der Waals surface area contributed by atoms with E-state index >= 15 is 0 Å². The number of ether oxygens (including phenoxy) is 1. The fraction of sp³-hybridized carbons (Fsp3) is 0.214. The summed E-state index contributed by atoms with van der Waals surface area (Å²) in [7, 11) is 0. The highest BCUT2D eigenvalue weighted by molar-refractivity contribution is 5.56. The molecule has 0 fully saturated rings. The minimum absolute atomic E-state index is 0.130. The van der Waals surface area contributed by atoms with E-state index in [0.717, 1.165) is 35.1 Å². The molecule has 0 aliphatic carbocycles. The first-order valence-corrected chi connectivity index (χ1v) is 10.7. The van der Waals surface area contributed by atoms with Crippen LogP contribution in [0.25, 0.3) is 12.2 Å². The van der Waals surface area contributed by atoms with Crippen molar-refractivity contribution < 1.29 is 22.3 Å². The van der Waals surface area contributed by atoms with Crippen LogP contribution in [0.4, 0.5) is 17.6 Å². The smallest absolute Gasteiger partial charge is 0.387 e. The zero-order chi connectivity index (χ0) is 24.1. The molecule has 0 saturated carbocycles. The molecule has 0 saturated heterocycles. The molecule has 0 aliphatic rings. The normalized spacial score (nSPS) is 12.6. The summed E-state index contributed by atoms with van der Waals surface area (Å²) < 4.78 is 53.7. The Labute approximate surface area is 193 Å². The molecule has 0 atom stereocenters. The van der Waals surface area contributed by atoms with E-state index in [9.17, 15) is 17.6 Å². The Balaban J connectivity index is 1.95. The molecule has 0 amide bonds. The van der Waals surface area contributed by atoms with Gasteiger partial charge in [-0.1, -0.05) is 98.9 Å². The van der Waals surface area contributed by atoms with Gasteiger partial charge in [0, 0.05) is 6.42 Å². The van der Waals surface area contributed by atoms with Crippen LogP contribution in [0.15, 0.2) is 96.6 Å². The van der Waals surface area contributed by atoms with Crippen molar-refractivity contribution in [3.8, 4) is 5.75 Å². The topological polar surface area (TPSA) is 9.23 Å². The molecule has 2 aromatic carbocycles. The van der Waals surface area contributed by atoms with Gasteiger partial charge in [0.25, 0.3) is 0 Å². The lowest BCUT2D eigenvalue weighted by molar-refractivity contribution is -0.0498. The Morgan fingerprint density at radius 3 is 2.06 bits per heavy atom. The molecule has 174 valence electrons. The summed E-state index contributed by atoms with van der Waals surface area (Å²) in [5.74, 6) is 0.130. The van der Waals surface area contributed by atoms with Crippen molar-refractivity contribution in [1.29, 1.82) is 0 Å². The summed E-state index contributed by atoms with van der Waals surface area (Å²) in [6.45, 7) is 3.27. The van der Waals surface area contributed by atoms with Crippen molar-refractivity contribution in [2.45, 2.75) is 39.2 Å². The Kier molecular flexibility index (Phi) is 10.9. The summed E-state index contributed by atoms with van der Waals surface area (Å²) in [5.41, 5.74) is 4.33. The molecule has 0 aromatic heterocycles. The average Bonchev–Trinajstić information content (AvgIpc) is 2.77. The van der Waals surface area contributed by atoms with Crippen molar-refractivity contribution in [2.24, 2.45) is 0 Å². The molecule has 0 spiro atoms. The first-order chi connectivity index (χ1) is 15.9.